The number of aliphatic imine (C=N–C) groups is 1. The van der Waals surface area contributed by atoms with E-state index in [2.05, 4.69) is 4.99 Å². The van der Waals surface area contributed by atoms with Crippen molar-refractivity contribution >= 4 is 23.5 Å². The molecular weight excluding hydrogens is 286 g/mol. The molecule has 0 spiro atoms. The van der Waals surface area contributed by atoms with Gasteiger partial charge in [0.05, 0.1) is 19.4 Å². The summed E-state index contributed by atoms with van der Waals surface area (Å²) in [6.07, 6.45) is 1.79. The molecule has 4 heteroatoms. The quantitative estimate of drug-likeness (QED) is 0.742. The molecule has 3 nitrogen and oxygen atoms in total. The molecule has 0 aliphatic rings. The van der Waals surface area contributed by atoms with Crippen LogP contribution >= 0.6 is 11.6 Å². The van der Waals surface area contributed by atoms with Gasteiger partial charge in [-0.15, -0.1) is 0 Å². The molecule has 2 aromatic carbocycles. The van der Waals surface area contributed by atoms with Crippen molar-refractivity contribution in [2.24, 2.45) is 4.99 Å². The van der Waals surface area contributed by atoms with Crippen LogP contribution in [0.5, 0.6) is 11.5 Å². The fourth-order valence-corrected chi connectivity index (χ4v) is 2.07. The average molecular weight is 304 g/mol. The zero-order chi connectivity index (χ0) is 15.2. The molecule has 0 radical (unpaired) electrons. The van der Waals surface area contributed by atoms with E-state index >= 15 is 0 Å². The van der Waals surface area contributed by atoms with E-state index in [1.807, 2.05) is 50.2 Å². The second-order valence-corrected chi connectivity index (χ2v) is 4.97. The molecule has 0 saturated heterocycles. The van der Waals surface area contributed by atoms with Gasteiger partial charge in [0, 0.05) is 11.2 Å². The van der Waals surface area contributed by atoms with Crippen molar-refractivity contribution in [1.29, 1.82) is 0 Å². The summed E-state index contributed by atoms with van der Waals surface area (Å²) in [4.78, 5) is 4.49. The number of methoxy groups -OCH3 is 1. The van der Waals surface area contributed by atoms with Gasteiger partial charge in [-0.05, 0) is 55.3 Å². The summed E-state index contributed by atoms with van der Waals surface area (Å²) in [6, 6.07) is 11.4. The Balaban J connectivity index is 2.28. The van der Waals surface area contributed by atoms with Crippen LogP contribution in [0.1, 0.15) is 18.1 Å². The Kier molecular flexibility index (Phi) is 5.23. The first kappa shape index (κ1) is 15.4. The molecular formula is C17H18ClNO2. The molecule has 0 heterocycles. The van der Waals surface area contributed by atoms with E-state index < -0.39 is 0 Å². The Morgan fingerprint density at radius 1 is 1.14 bits per heavy atom. The van der Waals surface area contributed by atoms with Gasteiger partial charge in [0.2, 0.25) is 0 Å². The second-order valence-electron chi connectivity index (χ2n) is 4.53. The maximum atomic E-state index is 5.99. The number of nitrogens with zero attached hydrogens (tertiary/aromatic N) is 1. The standard InChI is InChI=1S/C17H18ClNO2/c1-4-21-17-9-13(6-8-16(17)20-3)11-19-15-10-14(18)7-5-12(15)2/h5-11H,4H2,1-3H3. The Morgan fingerprint density at radius 3 is 2.67 bits per heavy atom. The normalized spacial score (nSPS) is 10.9. The van der Waals surface area contributed by atoms with Gasteiger partial charge >= 0.3 is 0 Å². The predicted molar refractivity (Wildman–Crippen MR) is 87.6 cm³/mol. The van der Waals surface area contributed by atoms with Crippen LogP contribution in [0.3, 0.4) is 0 Å². The largest absolute Gasteiger partial charge is 0.493 e. The van der Waals surface area contributed by atoms with Crippen molar-refractivity contribution in [3.05, 3.63) is 52.5 Å². The van der Waals surface area contributed by atoms with Gasteiger partial charge in [-0.25, -0.2) is 0 Å². The monoisotopic (exact) mass is 303 g/mol. The van der Waals surface area contributed by atoms with Crippen molar-refractivity contribution in [1.82, 2.24) is 0 Å². The van der Waals surface area contributed by atoms with E-state index in [0.717, 1.165) is 16.8 Å². The predicted octanol–water partition coefficient (Wildman–Crippen LogP) is 4.81. The van der Waals surface area contributed by atoms with Crippen molar-refractivity contribution in [2.75, 3.05) is 13.7 Å². The van der Waals surface area contributed by atoms with Crippen molar-refractivity contribution in [3.63, 3.8) is 0 Å². The highest BCUT2D eigenvalue weighted by Crippen LogP contribution is 2.28. The number of hydrogen-bond acceptors (Lipinski definition) is 3. The minimum Gasteiger partial charge on any atom is -0.493 e. The van der Waals surface area contributed by atoms with Crippen molar-refractivity contribution in [2.45, 2.75) is 13.8 Å². The van der Waals surface area contributed by atoms with E-state index in [1.54, 1.807) is 13.3 Å². The third-order valence-corrected chi connectivity index (χ3v) is 3.25. The summed E-state index contributed by atoms with van der Waals surface area (Å²) in [6.45, 7) is 4.53. The SMILES string of the molecule is CCOc1cc(C=Nc2cc(Cl)ccc2C)ccc1OC. The average Bonchev–Trinajstić information content (AvgIpc) is 2.49. The minimum atomic E-state index is 0.588. The van der Waals surface area contributed by atoms with Gasteiger partial charge < -0.3 is 9.47 Å². The topological polar surface area (TPSA) is 30.8 Å². The summed E-state index contributed by atoms with van der Waals surface area (Å²) in [5.41, 5.74) is 2.88. The summed E-state index contributed by atoms with van der Waals surface area (Å²) >= 11 is 5.99. The van der Waals surface area contributed by atoms with Crippen molar-refractivity contribution in [3.8, 4) is 11.5 Å². The fourth-order valence-electron chi connectivity index (χ4n) is 1.91. The summed E-state index contributed by atoms with van der Waals surface area (Å²) in [5.74, 6) is 1.43. The molecule has 0 fully saturated rings. The molecule has 0 aromatic heterocycles. The van der Waals surface area contributed by atoms with Crippen LogP contribution in [-0.4, -0.2) is 19.9 Å². The van der Waals surface area contributed by atoms with E-state index in [1.165, 1.54) is 0 Å². The van der Waals surface area contributed by atoms with E-state index in [0.29, 0.717) is 23.1 Å². The summed E-state index contributed by atoms with van der Waals surface area (Å²) < 4.78 is 10.8. The van der Waals surface area contributed by atoms with Gasteiger partial charge in [-0.2, -0.15) is 0 Å². The van der Waals surface area contributed by atoms with E-state index in [-0.39, 0.29) is 0 Å². The van der Waals surface area contributed by atoms with Crippen LogP contribution < -0.4 is 9.47 Å². The third kappa shape index (κ3) is 3.99. The molecule has 0 atom stereocenters. The summed E-state index contributed by atoms with van der Waals surface area (Å²) in [7, 11) is 1.63. The molecule has 0 aliphatic carbocycles. The first-order valence-corrected chi connectivity index (χ1v) is 7.13. The number of halogens is 1. The second kappa shape index (κ2) is 7.14. The molecule has 0 bridgehead atoms. The molecule has 0 N–H and O–H groups in total. The molecule has 2 rings (SSSR count). The maximum absolute atomic E-state index is 5.99. The highest BCUT2D eigenvalue weighted by Gasteiger charge is 2.04. The molecule has 21 heavy (non-hydrogen) atoms. The summed E-state index contributed by atoms with van der Waals surface area (Å²) in [5, 5.41) is 0.678. The minimum absolute atomic E-state index is 0.588. The van der Waals surface area contributed by atoms with E-state index in [9.17, 15) is 0 Å². The van der Waals surface area contributed by atoms with Gasteiger partial charge in [-0.1, -0.05) is 17.7 Å². The first-order chi connectivity index (χ1) is 10.1. The highest BCUT2D eigenvalue weighted by molar-refractivity contribution is 6.30. The molecule has 2 aromatic rings. The van der Waals surface area contributed by atoms with Gasteiger partial charge in [-0.3, -0.25) is 4.99 Å². The zero-order valence-electron chi connectivity index (χ0n) is 12.4. The van der Waals surface area contributed by atoms with Crippen molar-refractivity contribution < 1.29 is 9.47 Å². The van der Waals surface area contributed by atoms with Gasteiger partial charge in [0.15, 0.2) is 11.5 Å². The van der Waals surface area contributed by atoms with Crippen LogP contribution in [-0.2, 0) is 0 Å². The van der Waals surface area contributed by atoms with Crippen LogP contribution in [0.15, 0.2) is 41.4 Å². The highest BCUT2D eigenvalue weighted by atomic mass is 35.5. The van der Waals surface area contributed by atoms with Gasteiger partial charge in [0.25, 0.3) is 0 Å². The molecule has 0 saturated carbocycles. The van der Waals surface area contributed by atoms with Crippen LogP contribution in [0.25, 0.3) is 0 Å². The number of ether oxygens (including phenoxy) is 2. The number of hydrogen-bond donors (Lipinski definition) is 0. The lowest BCUT2D eigenvalue weighted by Gasteiger charge is -2.09. The lowest BCUT2D eigenvalue weighted by Crippen LogP contribution is -1.96. The number of benzene rings is 2. The zero-order valence-corrected chi connectivity index (χ0v) is 13.1. The smallest absolute Gasteiger partial charge is 0.161 e. The molecule has 110 valence electrons. The van der Waals surface area contributed by atoms with Crippen LogP contribution in [0.2, 0.25) is 5.02 Å². The molecule has 0 aliphatic heterocycles. The first-order valence-electron chi connectivity index (χ1n) is 6.75. The molecule has 0 amide bonds. The molecule has 0 unspecified atom stereocenters. The Labute approximate surface area is 130 Å². The third-order valence-electron chi connectivity index (χ3n) is 3.01. The fraction of sp³-hybridized carbons (Fsp3) is 0.235. The number of rotatable bonds is 5. The Morgan fingerprint density at radius 2 is 1.95 bits per heavy atom. The Bertz CT molecular complexity index is 653. The number of aryl methyl sites for hydroxylation is 1. The van der Waals surface area contributed by atoms with Gasteiger partial charge in [0.1, 0.15) is 0 Å². The van der Waals surface area contributed by atoms with Crippen LogP contribution in [0, 0.1) is 6.92 Å². The maximum Gasteiger partial charge on any atom is 0.161 e. The lowest BCUT2D eigenvalue weighted by atomic mass is 10.2. The lowest BCUT2D eigenvalue weighted by molar-refractivity contribution is 0.311. The van der Waals surface area contributed by atoms with E-state index in [4.69, 9.17) is 21.1 Å². The van der Waals surface area contributed by atoms with Crippen LogP contribution in [0.4, 0.5) is 5.69 Å². The Hall–Kier alpha value is -2.00.